The van der Waals surface area contributed by atoms with Gasteiger partial charge in [0.1, 0.15) is 0 Å². The number of alkyl halides is 3. The molecule has 0 aromatic heterocycles. The highest BCUT2D eigenvalue weighted by molar-refractivity contribution is 5.96. The first-order valence-electron chi connectivity index (χ1n) is 7.47. The predicted octanol–water partition coefficient (Wildman–Crippen LogP) is 3.43. The summed E-state index contributed by atoms with van der Waals surface area (Å²) in [4.78, 5) is 22.7. The van der Waals surface area contributed by atoms with Crippen LogP contribution in [0.25, 0.3) is 0 Å². The van der Waals surface area contributed by atoms with Crippen molar-refractivity contribution in [3.8, 4) is 0 Å². The van der Waals surface area contributed by atoms with E-state index in [2.05, 4.69) is 0 Å². The molecule has 1 aliphatic heterocycles. The number of likely N-dealkylation sites (tertiary alicyclic amines) is 1. The van der Waals surface area contributed by atoms with Crippen LogP contribution in [-0.2, 0) is 0 Å². The van der Waals surface area contributed by atoms with E-state index in [1.807, 2.05) is 0 Å². The van der Waals surface area contributed by atoms with Gasteiger partial charge in [0.15, 0.2) is 0 Å². The molecule has 0 atom stereocenters. The van der Waals surface area contributed by atoms with Crippen molar-refractivity contribution in [1.29, 1.82) is 0 Å². The van der Waals surface area contributed by atoms with Crippen molar-refractivity contribution in [3.05, 3.63) is 34.9 Å². The van der Waals surface area contributed by atoms with E-state index in [0.29, 0.717) is 13.1 Å². The molecule has 0 amide bonds. The van der Waals surface area contributed by atoms with E-state index in [1.54, 1.807) is 0 Å². The molecule has 5 nitrogen and oxygen atoms in total. The maximum Gasteiger partial charge on any atom is 0.401 e. The van der Waals surface area contributed by atoms with Gasteiger partial charge in [0.05, 0.1) is 17.7 Å². The van der Waals surface area contributed by atoms with Crippen LogP contribution in [0.3, 0.4) is 0 Å². The van der Waals surface area contributed by atoms with Crippen LogP contribution in [0.15, 0.2) is 18.2 Å². The number of carbonyl (C=O) groups is 2. The fourth-order valence-corrected chi connectivity index (χ4v) is 2.47. The topological polar surface area (TPSA) is 77.8 Å². The lowest BCUT2D eigenvalue weighted by Crippen LogP contribution is -2.37. The maximum atomic E-state index is 11.8. The lowest BCUT2D eigenvalue weighted by atomic mass is 10.0. The highest BCUT2D eigenvalue weighted by atomic mass is 19.4. The fourth-order valence-electron chi connectivity index (χ4n) is 2.47. The summed E-state index contributed by atoms with van der Waals surface area (Å²) < 4.78 is 35.4. The van der Waals surface area contributed by atoms with Crippen LogP contribution >= 0.6 is 0 Å². The van der Waals surface area contributed by atoms with E-state index in [4.69, 9.17) is 10.2 Å². The summed E-state index contributed by atoms with van der Waals surface area (Å²) in [5, 5.41) is 17.4. The Kier molecular flexibility index (Phi) is 7.21. The third-order valence-electron chi connectivity index (χ3n) is 3.65. The van der Waals surface area contributed by atoms with Crippen molar-refractivity contribution < 1.29 is 33.0 Å². The Hall–Kier alpha value is -2.09. The molecule has 24 heavy (non-hydrogen) atoms. The highest BCUT2D eigenvalue weighted by Gasteiger charge is 2.30. The zero-order valence-electron chi connectivity index (χ0n) is 13.3. The number of aromatic carboxylic acids is 2. The molecule has 0 bridgehead atoms. The second-order valence-corrected chi connectivity index (χ2v) is 5.54. The molecule has 0 saturated carbocycles. The van der Waals surface area contributed by atoms with Crippen LogP contribution in [0.5, 0.6) is 0 Å². The molecule has 0 unspecified atom stereocenters. The largest absolute Gasteiger partial charge is 0.478 e. The fraction of sp³-hybridized carbons (Fsp3) is 0.500. The van der Waals surface area contributed by atoms with Gasteiger partial charge in [0.25, 0.3) is 0 Å². The Morgan fingerprint density at radius 1 is 1.04 bits per heavy atom. The smallest absolute Gasteiger partial charge is 0.401 e. The number of nitrogens with zero attached hydrogens (tertiary/aromatic N) is 1. The quantitative estimate of drug-likeness (QED) is 0.876. The van der Waals surface area contributed by atoms with E-state index in [1.165, 1.54) is 30.0 Å². The maximum absolute atomic E-state index is 11.8. The monoisotopic (exact) mass is 347 g/mol. The molecule has 2 rings (SSSR count). The minimum absolute atomic E-state index is 0.0277. The Bertz CT molecular complexity index is 549. The SMILES string of the molecule is Cc1c(C(=O)O)cccc1C(=O)O.FC(F)(F)CN1CCCCC1. The Balaban J connectivity index is 0.000000243. The first kappa shape index (κ1) is 20.0. The molecule has 1 aromatic rings. The van der Waals surface area contributed by atoms with Gasteiger partial charge in [-0.1, -0.05) is 12.5 Å². The predicted molar refractivity (Wildman–Crippen MR) is 81.4 cm³/mol. The van der Waals surface area contributed by atoms with E-state index in [0.717, 1.165) is 19.3 Å². The summed E-state index contributed by atoms with van der Waals surface area (Å²) in [5.41, 5.74) is 0.335. The minimum atomic E-state index is -4.02. The second-order valence-electron chi connectivity index (χ2n) is 5.54. The lowest BCUT2D eigenvalue weighted by molar-refractivity contribution is -0.147. The van der Waals surface area contributed by atoms with Crippen molar-refractivity contribution in [1.82, 2.24) is 4.90 Å². The number of halogens is 3. The normalized spacial score (nSPS) is 15.3. The number of hydrogen-bond donors (Lipinski definition) is 2. The van der Waals surface area contributed by atoms with Crippen molar-refractivity contribution in [3.63, 3.8) is 0 Å². The summed E-state index contributed by atoms with van der Waals surface area (Å²) in [7, 11) is 0. The standard InChI is InChI=1S/C9H8O4.C7H12F3N/c1-5-6(8(10)11)3-2-4-7(5)9(12)13;8-7(9,10)6-11-4-2-1-3-5-11/h2-4H,1H3,(H,10,11)(H,12,13);1-6H2. The van der Waals surface area contributed by atoms with E-state index in [-0.39, 0.29) is 16.7 Å². The van der Waals surface area contributed by atoms with Crippen LogP contribution in [0.1, 0.15) is 45.5 Å². The van der Waals surface area contributed by atoms with Gasteiger partial charge in [0.2, 0.25) is 0 Å². The molecule has 1 aliphatic rings. The first-order valence-corrected chi connectivity index (χ1v) is 7.47. The molecular weight excluding hydrogens is 327 g/mol. The first-order chi connectivity index (χ1) is 11.1. The average molecular weight is 347 g/mol. The van der Waals surface area contributed by atoms with Crippen molar-refractivity contribution >= 4 is 11.9 Å². The van der Waals surface area contributed by atoms with E-state index >= 15 is 0 Å². The molecule has 1 aromatic carbocycles. The zero-order chi connectivity index (χ0) is 18.3. The van der Waals surface area contributed by atoms with Crippen LogP contribution < -0.4 is 0 Å². The van der Waals surface area contributed by atoms with Gasteiger partial charge in [-0.2, -0.15) is 13.2 Å². The Labute approximate surface area is 137 Å². The van der Waals surface area contributed by atoms with Crippen molar-refractivity contribution in [2.75, 3.05) is 19.6 Å². The number of carboxylic acids is 2. The van der Waals surface area contributed by atoms with E-state index in [9.17, 15) is 22.8 Å². The molecule has 2 N–H and O–H groups in total. The minimum Gasteiger partial charge on any atom is -0.478 e. The average Bonchev–Trinajstić information content (AvgIpc) is 2.46. The molecule has 1 fully saturated rings. The van der Waals surface area contributed by atoms with Crippen LogP contribution in [0, 0.1) is 6.92 Å². The van der Waals surface area contributed by atoms with Gasteiger partial charge < -0.3 is 10.2 Å². The van der Waals surface area contributed by atoms with Crippen LogP contribution in [-0.4, -0.2) is 52.9 Å². The number of carboxylic acid groups (broad SMARTS) is 2. The molecule has 0 radical (unpaired) electrons. The van der Waals surface area contributed by atoms with Gasteiger partial charge in [-0.15, -0.1) is 0 Å². The Morgan fingerprint density at radius 3 is 1.88 bits per heavy atom. The third-order valence-corrected chi connectivity index (χ3v) is 3.65. The second kappa shape index (κ2) is 8.68. The molecular formula is C16H20F3NO4. The number of benzene rings is 1. The van der Waals surface area contributed by atoms with E-state index < -0.39 is 24.7 Å². The molecule has 1 heterocycles. The number of piperidine rings is 1. The van der Waals surface area contributed by atoms with Crippen LogP contribution in [0.2, 0.25) is 0 Å². The summed E-state index contributed by atoms with van der Waals surface area (Å²) in [6, 6.07) is 4.17. The number of rotatable bonds is 3. The molecule has 134 valence electrons. The third kappa shape index (κ3) is 6.57. The lowest BCUT2D eigenvalue weighted by Gasteiger charge is -2.26. The van der Waals surface area contributed by atoms with Crippen LogP contribution in [0.4, 0.5) is 13.2 Å². The van der Waals surface area contributed by atoms with Crippen molar-refractivity contribution in [2.24, 2.45) is 0 Å². The number of hydrogen-bond acceptors (Lipinski definition) is 3. The Morgan fingerprint density at radius 2 is 1.50 bits per heavy atom. The molecule has 8 heteroatoms. The summed E-state index contributed by atoms with van der Waals surface area (Å²) in [5.74, 6) is -2.22. The van der Waals surface area contributed by atoms with Gasteiger partial charge in [-0.25, -0.2) is 9.59 Å². The summed E-state index contributed by atoms with van der Waals surface area (Å²) >= 11 is 0. The van der Waals surface area contributed by atoms with Gasteiger partial charge in [-0.3, -0.25) is 4.90 Å². The summed E-state index contributed by atoms with van der Waals surface area (Å²) in [6.07, 6.45) is -1.11. The van der Waals surface area contributed by atoms with Crippen molar-refractivity contribution in [2.45, 2.75) is 32.4 Å². The zero-order valence-corrected chi connectivity index (χ0v) is 13.3. The molecule has 0 spiro atoms. The summed E-state index contributed by atoms with van der Waals surface area (Å²) in [6.45, 7) is 1.97. The van der Waals surface area contributed by atoms with Gasteiger partial charge in [-0.05, 0) is 50.6 Å². The van der Waals surface area contributed by atoms with Gasteiger partial charge >= 0.3 is 18.1 Å². The highest BCUT2D eigenvalue weighted by Crippen LogP contribution is 2.19. The molecule has 1 saturated heterocycles. The molecule has 0 aliphatic carbocycles. The van der Waals surface area contributed by atoms with Gasteiger partial charge in [0, 0.05) is 0 Å².